The van der Waals surface area contributed by atoms with Gasteiger partial charge in [-0.05, 0) is 18.4 Å². The first-order valence-corrected chi connectivity index (χ1v) is 12.0. The van der Waals surface area contributed by atoms with Crippen LogP contribution >= 0.6 is 24.8 Å². The number of fused-ring (bicyclic) bond motifs is 1. The van der Waals surface area contributed by atoms with Crippen molar-refractivity contribution in [3.8, 4) is 6.07 Å². The molecule has 0 radical (unpaired) electrons. The molecule has 1 unspecified atom stereocenters. The number of aromatic nitrogens is 3. The lowest BCUT2D eigenvalue weighted by molar-refractivity contribution is 0.0362. The number of nitrogens with zero attached hydrogens (tertiary/aromatic N) is 6. The van der Waals surface area contributed by atoms with Gasteiger partial charge in [-0.3, -0.25) is 14.3 Å². The van der Waals surface area contributed by atoms with Crippen LogP contribution < -0.4 is 16.2 Å². The van der Waals surface area contributed by atoms with Crippen molar-refractivity contribution >= 4 is 41.7 Å². The molecule has 2 aromatic heterocycles. The average Bonchev–Trinajstić information content (AvgIpc) is 3.18. The minimum absolute atomic E-state index is 0. The molecule has 0 bridgehead atoms. The lowest BCUT2D eigenvalue weighted by atomic mass is 10.1. The Morgan fingerprint density at radius 3 is 2.56 bits per heavy atom. The molecule has 2 saturated heterocycles. The molecule has 3 aromatic rings. The molecule has 0 saturated carbocycles. The number of piperidine rings is 1. The van der Waals surface area contributed by atoms with E-state index in [-0.39, 0.29) is 36.4 Å². The van der Waals surface area contributed by atoms with Crippen LogP contribution in [0.4, 0.5) is 5.82 Å². The molecule has 194 valence electrons. The maximum absolute atomic E-state index is 13.7. The topological polar surface area (TPSA) is 105 Å². The highest BCUT2D eigenvalue weighted by Crippen LogP contribution is 2.32. The van der Waals surface area contributed by atoms with Crippen molar-refractivity contribution in [3.05, 3.63) is 58.1 Å². The summed E-state index contributed by atoms with van der Waals surface area (Å²) in [7, 11) is 0. The lowest BCUT2D eigenvalue weighted by Crippen LogP contribution is -2.44. The van der Waals surface area contributed by atoms with Crippen molar-refractivity contribution in [1.29, 1.82) is 5.26 Å². The molecule has 0 spiro atoms. The van der Waals surface area contributed by atoms with Gasteiger partial charge in [0.2, 0.25) is 0 Å². The predicted octanol–water partition coefficient (Wildman–Crippen LogP) is 2.22. The van der Waals surface area contributed by atoms with Gasteiger partial charge in [0.25, 0.3) is 5.56 Å². The summed E-state index contributed by atoms with van der Waals surface area (Å²) < 4.78 is 9.09. The highest BCUT2D eigenvalue weighted by Gasteiger charge is 2.28. The summed E-state index contributed by atoms with van der Waals surface area (Å²) >= 11 is 0. The van der Waals surface area contributed by atoms with Crippen LogP contribution in [-0.4, -0.2) is 71.0 Å². The van der Waals surface area contributed by atoms with Crippen LogP contribution in [0.5, 0.6) is 0 Å². The summed E-state index contributed by atoms with van der Waals surface area (Å²) in [5.74, 6) is 0.757. The molecular formula is C25H33Cl2N7O2. The second-order valence-electron chi connectivity index (χ2n) is 9.12. The number of hydrogen-bond donors (Lipinski definition) is 1. The van der Waals surface area contributed by atoms with Gasteiger partial charge >= 0.3 is 0 Å². The van der Waals surface area contributed by atoms with Crippen LogP contribution in [-0.2, 0) is 17.8 Å². The Morgan fingerprint density at radius 1 is 1.11 bits per heavy atom. The summed E-state index contributed by atoms with van der Waals surface area (Å²) in [6.45, 7) is 6.44. The van der Waals surface area contributed by atoms with Crippen molar-refractivity contribution in [3.63, 3.8) is 0 Å². The predicted molar refractivity (Wildman–Crippen MR) is 145 cm³/mol. The molecule has 5 rings (SSSR count). The van der Waals surface area contributed by atoms with Crippen LogP contribution in [0.15, 0.2) is 41.5 Å². The minimum Gasteiger partial charge on any atom is -0.379 e. The molecule has 2 aliphatic heterocycles. The van der Waals surface area contributed by atoms with Gasteiger partial charge in [-0.1, -0.05) is 30.3 Å². The Morgan fingerprint density at radius 2 is 1.86 bits per heavy atom. The summed E-state index contributed by atoms with van der Waals surface area (Å²) in [4.78, 5) is 22.8. The Labute approximate surface area is 223 Å². The molecule has 9 nitrogen and oxygen atoms in total. The standard InChI is InChI=1S/C25H31N7O2.2ClH/c26-15-21-22-23(25(33)31(18-28-22)10-9-29-11-13-34-14-12-29)32(16-19-5-2-1-3-6-19)24(21)30-8-4-7-20(27)17-30;;/h1-3,5-6,18,20H,4,7-14,16-17,27H2;2*1H. The monoisotopic (exact) mass is 533 g/mol. The van der Waals surface area contributed by atoms with Crippen LogP contribution in [0.2, 0.25) is 0 Å². The van der Waals surface area contributed by atoms with Gasteiger partial charge in [0.05, 0.1) is 19.5 Å². The van der Waals surface area contributed by atoms with E-state index in [1.54, 1.807) is 10.9 Å². The molecular weight excluding hydrogens is 501 g/mol. The number of ether oxygens (including phenoxy) is 1. The Kier molecular flexibility index (Phi) is 9.77. The maximum atomic E-state index is 13.7. The van der Waals surface area contributed by atoms with E-state index >= 15 is 0 Å². The zero-order chi connectivity index (χ0) is 23.5. The molecule has 1 atom stereocenters. The number of nitriles is 1. The zero-order valence-electron chi connectivity index (χ0n) is 20.2. The molecule has 2 aliphatic rings. The molecule has 2 N–H and O–H groups in total. The fraction of sp³-hybridized carbons (Fsp3) is 0.480. The van der Waals surface area contributed by atoms with E-state index in [4.69, 9.17) is 10.5 Å². The maximum Gasteiger partial charge on any atom is 0.278 e. The van der Waals surface area contributed by atoms with Gasteiger partial charge in [0.15, 0.2) is 0 Å². The van der Waals surface area contributed by atoms with Crippen LogP contribution in [0.1, 0.15) is 24.0 Å². The van der Waals surface area contributed by atoms with E-state index in [9.17, 15) is 10.1 Å². The van der Waals surface area contributed by atoms with Crippen molar-refractivity contribution in [2.24, 2.45) is 5.73 Å². The second-order valence-corrected chi connectivity index (χ2v) is 9.12. The number of hydrogen-bond acceptors (Lipinski definition) is 7. The molecule has 0 amide bonds. The Bertz CT molecular complexity index is 1250. The number of benzene rings is 1. The third kappa shape index (κ3) is 5.69. The summed E-state index contributed by atoms with van der Waals surface area (Å²) in [5.41, 5.74) is 8.65. The third-order valence-corrected chi connectivity index (χ3v) is 6.81. The van der Waals surface area contributed by atoms with Crippen molar-refractivity contribution in [2.75, 3.05) is 50.8 Å². The van der Waals surface area contributed by atoms with Crippen LogP contribution in [0, 0.1) is 11.3 Å². The summed E-state index contributed by atoms with van der Waals surface area (Å²) in [6, 6.07) is 12.4. The minimum atomic E-state index is -0.113. The first-order chi connectivity index (χ1) is 16.7. The molecule has 0 aliphatic carbocycles. The van der Waals surface area contributed by atoms with Gasteiger partial charge in [-0.25, -0.2) is 4.98 Å². The number of morpholine rings is 1. The third-order valence-electron chi connectivity index (χ3n) is 6.81. The first kappa shape index (κ1) is 28.0. The highest BCUT2D eigenvalue weighted by molar-refractivity contribution is 5.89. The quantitative estimate of drug-likeness (QED) is 0.517. The van der Waals surface area contributed by atoms with Gasteiger partial charge in [0, 0.05) is 51.9 Å². The normalized spacial score (nSPS) is 18.3. The van der Waals surface area contributed by atoms with Crippen molar-refractivity contribution in [2.45, 2.75) is 32.0 Å². The van der Waals surface area contributed by atoms with E-state index in [0.29, 0.717) is 36.2 Å². The zero-order valence-corrected chi connectivity index (χ0v) is 21.8. The highest BCUT2D eigenvalue weighted by atomic mass is 35.5. The largest absolute Gasteiger partial charge is 0.379 e. The van der Waals surface area contributed by atoms with Gasteiger partial charge in [-0.15, -0.1) is 24.8 Å². The number of halogens is 2. The van der Waals surface area contributed by atoms with E-state index < -0.39 is 0 Å². The smallest absolute Gasteiger partial charge is 0.278 e. The molecule has 4 heterocycles. The summed E-state index contributed by atoms with van der Waals surface area (Å²) in [6.07, 6.45) is 3.50. The Hall–Kier alpha value is -2.61. The molecule has 11 heteroatoms. The fourth-order valence-electron chi connectivity index (χ4n) is 5.04. The second kappa shape index (κ2) is 12.6. The van der Waals surface area contributed by atoms with Gasteiger partial charge in [-0.2, -0.15) is 5.26 Å². The van der Waals surface area contributed by atoms with Gasteiger partial charge < -0.3 is 19.9 Å². The van der Waals surface area contributed by atoms with Crippen LogP contribution in [0.25, 0.3) is 11.0 Å². The number of nitrogens with two attached hydrogens (primary N) is 1. The van der Waals surface area contributed by atoms with Gasteiger partial charge in [0.1, 0.15) is 28.5 Å². The Balaban J connectivity index is 0.00000180. The van der Waals surface area contributed by atoms with E-state index in [1.807, 2.05) is 34.9 Å². The van der Waals surface area contributed by atoms with Crippen molar-refractivity contribution < 1.29 is 4.74 Å². The first-order valence-electron chi connectivity index (χ1n) is 12.0. The number of anilines is 1. The lowest BCUT2D eigenvalue weighted by Gasteiger charge is -2.33. The van der Waals surface area contributed by atoms with E-state index in [2.05, 4.69) is 20.9 Å². The molecule has 2 fully saturated rings. The van der Waals surface area contributed by atoms with E-state index in [0.717, 1.165) is 63.6 Å². The van der Waals surface area contributed by atoms with E-state index in [1.165, 1.54) is 0 Å². The SMILES string of the molecule is Cl.Cl.N#Cc1c(N2CCCC(N)C2)n(Cc2ccccc2)c2c(=O)n(CCN3CCOCC3)cnc12. The molecule has 36 heavy (non-hydrogen) atoms. The van der Waals surface area contributed by atoms with Crippen LogP contribution in [0.3, 0.4) is 0 Å². The average molecular weight is 534 g/mol. The molecule has 1 aromatic carbocycles. The fourth-order valence-corrected chi connectivity index (χ4v) is 5.04. The number of rotatable bonds is 6. The van der Waals surface area contributed by atoms with Crippen molar-refractivity contribution in [1.82, 2.24) is 19.0 Å². The summed E-state index contributed by atoms with van der Waals surface area (Å²) in [5, 5.41) is 10.1.